The number of hydrogen-bond donors (Lipinski definition) is 0. The molecule has 0 aliphatic carbocycles. The van der Waals surface area contributed by atoms with E-state index in [1.807, 2.05) is 31.2 Å². The van der Waals surface area contributed by atoms with Crippen LogP contribution in [0.15, 0.2) is 24.3 Å². The molecule has 0 fully saturated rings. The van der Waals surface area contributed by atoms with E-state index in [1.165, 1.54) is 10.4 Å². The molecule has 0 aliphatic heterocycles. The Kier molecular flexibility index (Phi) is 1.55. The van der Waals surface area contributed by atoms with Crippen LogP contribution in [0.3, 0.4) is 0 Å². The highest BCUT2D eigenvalue weighted by Crippen LogP contribution is 2.04. The van der Waals surface area contributed by atoms with Crippen molar-refractivity contribution in [3.05, 3.63) is 29.8 Å². The number of aromatic nitrogens is 5. The number of aryl methyl sites for hydroxylation is 1. The lowest BCUT2D eigenvalue weighted by atomic mass is 10.2. The molecule has 0 amide bonds. The summed E-state index contributed by atoms with van der Waals surface area (Å²) >= 11 is 0. The Labute approximate surface area is 69.0 Å². The summed E-state index contributed by atoms with van der Waals surface area (Å²) in [4.78, 5) is 1.37. The zero-order valence-electron chi connectivity index (χ0n) is 6.55. The minimum atomic E-state index is 0.866. The molecule has 0 atom stereocenters. The number of nitrogens with zero attached hydrogens (tertiary/aromatic N) is 5. The van der Waals surface area contributed by atoms with Crippen molar-refractivity contribution in [2.45, 2.75) is 6.92 Å². The van der Waals surface area contributed by atoms with Gasteiger partial charge in [-0.05, 0) is 39.9 Å². The van der Waals surface area contributed by atoms with E-state index in [0.29, 0.717) is 0 Å². The van der Waals surface area contributed by atoms with Crippen LogP contribution in [0.4, 0.5) is 0 Å². The van der Waals surface area contributed by atoms with Crippen molar-refractivity contribution in [1.82, 2.24) is 25.7 Å². The van der Waals surface area contributed by atoms with Gasteiger partial charge in [0.1, 0.15) is 0 Å². The van der Waals surface area contributed by atoms with Crippen LogP contribution in [0.1, 0.15) is 5.56 Å². The fraction of sp³-hybridized carbons (Fsp3) is 0.143. The fourth-order valence-electron chi connectivity index (χ4n) is 0.911. The van der Waals surface area contributed by atoms with Gasteiger partial charge in [-0.15, -0.1) is 4.80 Å². The predicted molar refractivity (Wildman–Crippen MR) is 41.7 cm³/mol. The van der Waals surface area contributed by atoms with Gasteiger partial charge in [-0.25, -0.2) is 0 Å². The Morgan fingerprint density at radius 1 is 1.00 bits per heavy atom. The summed E-state index contributed by atoms with van der Waals surface area (Å²) in [6.07, 6.45) is 0. The minimum absolute atomic E-state index is 0.866. The van der Waals surface area contributed by atoms with Gasteiger partial charge in [0.2, 0.25) is 0 Å². The molecule has 60 valence electrons. The Morgan fingerprint density at radius 3 is 2.17 bits per heavy atom. The number of rotatable bonds is 1. The summed E-state index contributed by atoms with van der Waals surface area (Å²) in [5.74, 6) is 0. The normalized spacial score (nSPS) is 10.1. The molecule has 2 aromatic rings. The largest absolute Gasteiger partial charge is 0.111 e. The smallest absolute Gasteiger partial charge is 0.0893 e. The molecule has 0 unspecified atom stereocenters. The van der Waals surface area contributed by atoms with Crippen LogP contribution in [0.2, 0.25) is 0 Å². The van der Waals surface area contributed by atoms with Gasteiger partial charge in [0.25, 0.3) is 0 Å². The van der Waals surface area contributed by atoms with Crippen LogP contribution in [0.5, 0.6) is 0 Å². The van der Waals surface area contributed by atoms with E-state index in [2.05, 4.69) is 20.9 Å². The lowest BCUT2D eigenvalue weighted by Crippen LogP contribution is -1.98. The molecule has 0 saturated heterocycles. The van der Waals surface area contributed by atoms with Gasteiger partial charge in [0.05, 0.1) is 5.69 Å². The molecule has 2 rings (SSSR count). The van der Waals surface area contributed by atoms with Gasteiger partial charge in [-0.2, -0.15) is 0 Å². The highest BCUT2D eigenvalue weighted by Gasteiger charge is 1.96. The summed E-state index contributed by atoms with van der Waals surface area (Å²) < 4.78 is 0. The van der Waals surface area contributed by atoms with Crippen molar-refractivity contribution < 1.29 is 0 Å². The monoisotopic (exact) mass is 161 g/mol. The predicted octanol–water partition coefficient (Wildman–Crippen LogP) is 0.366. The first-order chi connectivity index (χ1) is 5.86. The van der Waals surface area contributed by atoms with Crippen LogP contribution in [-0.4, -0.2) is 25.7 Å². The minimum Gasteiger partial charge on any atom is -0.111 e. The average Bonchev–Trinajstić information content (AvgIpc) is 2.58. The first-order valence-corrected chi connectivity index (χ1v) is 3.54. The third-order valence-corrected chi connectivity index (χ3v) is 1.55. The number of hydrogen-bond acceptors (Lipinski definition) is 4. The summed E-state index contributed by atoms with van der Waals surface area (Å²) in [5, 5.41) is 14.1. The lowest BCUT2D eigenvalue weighted by molar-refractivity contribution is 0.712. The molecule has 0 saturated carbocycles. The van der Waals surface area contributed by atoms with Crippen molar-refractivity contribution in [2.75, 3.05) is 0 Å². The highest BCUT2D eigenvalue weighted by atomic mass is 15.7. The fourth-order valence-corrected chi connectivity index (χ4v) is 0.911. The van der Waals surface area contributed by atoms with Crippen molar-refractivity contribution >= 4 is 0 Å². The van der Waals surface area contributed by atoms with Crippen molar-refractivity contribution in [1.29, 1.82) is 0 Å². The van der Waals surface area contributed by atoms with E-state index in [4.69, 9.17) is 0 Å². The molecule has 1 aromatic heterocycles. The van der Waals surface area contributed by atoms with Crippen LogP contribution >= 0.6 is 0 Å². The third-order valence-electron chi connectivity index (χ3n) is 1.55. The van der Waals surface area contributed by atoms with Gasteiger partial charge in [-0.1, -0.05) is 17.7 Å². The molecule has 0 bridgehead atoms. The molecule has 0 radical (unpaired) electrons. The topological polar surface area (TPSA) is 56.5 Å². The zero-order valence-corrected chi connectivity index (χ0v) is 6.55. The Balaban J connectivity index is 2.43. The van der Waals surface area contributed by atoms with E-state index in [9.17, 15) is 0 Å². The molecular formula is C7H7N5. The van der Waals surface area contributed by atoms with Gasteiger partial charge < -0.3 is 0 Å². The second-order valence-corrected chi connectivity index (χ2v) is 2.48. The average molecular weight is 161 g/mol. The van der Waals surface area contributed by atoms with Gasteiger partial charge >= 0.3 is 0 Å². The van der Waals surface area contributed by atoms with Crippen LogP contribution in [0.25, 0.3) is 5.69 Å². The standard InChI is InChI=1S/C7H7N5/c1-6-2-4-7(5-3-6)12-10-8-9-11-12/h2-5H,1H3. The highest BCUT2D eigenvalue weighted by molar-refractivity contribution is 5.31. The Hall–Kier alpha value is -1.78. The second-order valence-electron chi connectivity index (χ2n) is 2.48. The zero-order chi connectivity index (χ0) is 8.39. The Bertz CT molecular complexity index is 350. The third kappa shape index (κ3) is 1.16. The lowest BCUT2D eigenvalue weighted by Gasteiger charge is -1.96. The van der Waals surface area contributed by atoms with Crippen molar-refractivity contribution in [2.24, 2.45) is 0 Å². The molecule has 5 nitrogen and oxygen atoms in total. The first-order valence-electron chi connectivity index (χ1n) is 3.54. The molecule has 5 heteroatoms. The maximum Gasteiger partial charge on any atom is 0.0893 e. The molecule has 0 aliphatic rings. The van der Waals surface area contributed by atoms with E-state index in [-0.39, 0.29) is 0 Å². The summed E-state index contributed by atoms with van der Waals surface area (Å²) in [7, 11) is 0. The molecular weight excluding hydrogens is 154 g/mol. The SMILES string of the molecule is Cc1ccc(-n2nnnn2)cc1. The summed E-state index contributed by atoms with van der Waals surface area (Å²) in [6, 6.07) is 7.80. The van der Waals surface area contributed by atoms with Crippen LogP contribution < -0.4 is 0 Å². The Morgan fingerprint density at radius 2 is 1.58 bits per heavy atom. The summed E-state index contributed by atoms with van der Waals surface area (Å²) in [6.45, 7) is 2.02. The first kappa shape index (κ1) is 6.90. The van der Waals surface area contributed by atoms with Crippen LogP contribution in [0, 0.1) is 6.92 Å². The van der Waals surface area contributed by atoms with Gasteiger partial charge in [0.15, 0.2) is 0 Å². The van der Waals surface area contributed by atoms with E-state index in [1.54, 1.807) is 0 Å². The van der Waals surface area contributed by atoms with Crippen molar-refractivity contribution in [3.8, 4) is 5.69 Å². The number of benzene rings is 1. The van der Waals surface area contributed by atoms with Gasteiger partial charge in [0, 0.05) is 0 Å². The quantitative estimate of drug-likeness (QED) is 0.606. The maximum absolute atomic E-state index is 3.66. The molecule has 1 aromatic carbocycles. The van der Waals surface area contributed by atoms with E-state index in [0.717, 1.165) is 5.69 Å². The summed E-state index contributed by atoms with van der Waals surface area (Å²) in [5.41, 5.74) is 2.07. The molecule has 0 N–H and O–H groups in total. The van der Waals surface area contributed by atoms with Crippen LogP contribution in [-0.2, 0) is 0 Å². The van der Waals surface area contributed by atoms with E-state index >= 15 is 0 Å². The maximum atomic E-state index is 3.66. The van der Waals surface area contributed by atoms with E-state index < -0.39 is 0 Å². The van der Waals surface area contributed by atoms with Gasteiger partial charge in [-0.3, -0.25) is 0 Å². The molecule has 1 heterocycles. The molecule has 0 spiro atoms. The second kappa shape index (κ2) is 2.69. The molecule has 12 heavy (non-hydrogen) atoms. The van der Waals surface area contributed by atoms with Crippen molar-refractivity contribution in [3.63, 3.8) is 0 Å².